The number of carbonyl (C=O) groups is 2. The topological polar surface area (TPSA) is 103 Å². The maximum Gasteiger partial charge on any atom is 0.255 e. The molecule has 190 valence electrons. The van der Waals surface area contributed by atoms with E-state index in [1.807, 2.05) is 50.2 Å². The molecule has 2 N–H and O–H groups in total. The van der Waals surface area contributed by atoms with Gasteiger partial charge in [-0.25, -0.2) is 4.98 Å². The van der Waals surface area contributed by atoms with E-state index in [4.69, 9.17) is 13.9 Å². The number of amides is 2. The minimum atomic E-state index is -0.291. The zero-order chi connectivity index (χ0) is 26.2. The summed E-state index contributed by atoms with van der Waals surface area (Å²) in [5.41, 5.74) is 2.77. The summed E-state index contributed by atoms with van der Waals surface area (Å²) in [6, 6.07) is 21.7. The molecule has 0 aliphatic carbocycles. The van der Waals surface area contributed by atoms with Gasteiger partial charge in [-0.2, -0.15) is 0 Å². The van der Waals surface area contributed by atoms with Gasteiger partial charge >= 0.3 is 0 Å². The molecule has 8 heteroatoms. The number of aryl methyl sites for hydroxylation is 1. The predicted octanol–water partition coefficient (Wildman–Crippen LogP) is 5.88. The Morgan fingerprint density at radius 3 is 2.00 bits per heavy atom. The molecule has 8 nitrogen and oxygen atoms in total. The minimum Gasteiger partial charge on any atom is -0.492 e. The summed E-state index contributed by atoms with van der Waals surface area (Å²) in [5, 5.41) is 5.77. The van der Waals surface area contributed by atoms with E-state index in [0.717, 1.165) is 5.56 Å². The highest BCUT2D eigenvalue weighted by atomic mass is 16.5. The van der Waals surface area contributed by atoms with Gasteiger partial charge in [0.05, 0.1) is 36.7 Å². The predicted molar refractivity (Wildman–Crippen MR) is 142 cm³/mol. The van der Waals surface area contributed by atoms with E-state index in [1.165, 1.54) is 0 Å². The van der Waals surface area contributed by atoms with Gasteiger partial charge < -0.3 is 24.5 Å². The van der Waals surface area contributed by atoms with Crippen LogP contribution < -0.4 is 20.1 Å². The van der Waals surface area contributed by atoms with Gasteiger partial charge in [-0.15, -0.1) is 0 Å². The fourth-order valence-corrected chi connectivity index (χ4v) is 3.73. The molecule has 2 amide bonds. The molecule has 0 atom stereocenters. The molecule has 37 heavy (non-hydrogen) atoms. The second-order valence-corrected chi connectivity index (χ2v) is 8.14. The number of hydrogen-bond acceptors (Lipinski definition) is 6. The number of aromatic nitrogens is 1. The second kappa shape index (κ2) is 11.9. The lowest BCUT2D eigenvalue weighted by Crippen LogP contribution is -2.17. The average molecular weight is 500 g/mol. The van der Waals surface area contributed by atoms with Crippen LogP contribution >= 0.6 is 0 Å². The summed E-state index contributed by atoms with van der Waals surface area (Å²) < 4.78 is 17.3. The Morgan fingerprint density at radius 2 is 1.41 bits per heavy atom. The number of oxazole rings is 1. The van der Waals surface area contributed by atoms with Crippen LogP contribution in [-0.4, -0.2) is 30.0 Å². The first-order chi connectivity index (χ1) is 18.0. The third-order valence-corrected chi connectivity index (χ3v) is 5.48. The van der Waals surface area contributed by atoms with Gasteiger partial charge in [-0.05, 0) is 45.0 Å². The van der Waals surface area contributed by atoms with E-state index in [0.29, 0.717) is 59.0 Å². The molecular formula is C29H29N3O5. The average Bonchev–Trinajstić information content (AvgIpc) is 3.27. The van der Waals surface area contributed by atoms with Crippen molar-refractivity contribution in [2.75, 3.05) is 23.8 Å². The molecule has 0 aliphatic heterocycles. The van der Waals surface area contributed by atoms with Crippen LogP contribution in [0.3, 0.4) is 0 Å². The monoisotopic (exact) mass is 499 g/mol. The Labute approximate surface area is 215 Å². The van der Waals surface area contributed by atoms with Crippen LogP contribution in [0.5, 0.6) is 11.5 Å². The fraction of sp³-hybridized carbons (Fsp3) is 0.207. The van der Waals surface area contributed by atoms with Gasteiger partial charge in [0.1, 0.15) is 17.3 Å². The Hall–Kier alpha value is -4.59. The molecule has 1 heterocycles. The number of hydrogen-bond donors (Lipinski definition) is 2. The van der Waals surface area contributed by atoms with Crippen LogP contribution in [0.15, 0.2) is 77.2 Å². The Bertz CT molecular complexity index is 1370. The van der Waals surface area contributed by atoms with E-state index in [1.54, 1.807) is 43.3 Å². The van der Waals surface area contributed by atoms with Crippen molar-refractivity contribution < 1.29 is 23.5 Å². The molecule has 1 aromatic heterocycles. The first kappa shape index (κ1) is 25.5. The van der Waals surface area contributed by atoms with E-state index in [9.17, 15) is 9.59 Å². The van der Waals surface area contributed by atoms with Crippen LogP contribution in [0.4, 0.5) is 11.4 Å². The van der Waals surface area contributed by atoms with Crippen LogP contribution in [-0.2, 0) is 11.2 Å². The summed E-state index contributed by atoms with van der Waals surface area (Å²) >= 11 is 0. The molecule has 0 saturated carbocycles. The fourth-order valence-electron chi connectivity index (χ4n) is 3.73. The summed E-state index contributed by atoms with van der Waals surface area (Å²) in [4.78, 5) is 30.3. The first-order valence-electron chi connectivity index (χ1n) is 12.1. The Morgan fingerprint density at radius 1 is 0.838 bits per heavy atom. The van der Waals surface area contributed by atoms with Gasteiger partial charge in [-0.1, -0.05) is 36.4 Å². The molecule has 0 radical (unpaired) electrons. The highest BCUT2D eigenvalue weighted by molar-refractivity contribution is 6.05. The summed E-state index contributed by atoms with van der Waals surface area (Å²) in [6.45, 7) is 6.20. The number of anilines is 2. The summed E-state index contributed by atoms with van der Waals surface area (Å²) in [5.74, 6) is 1.29. The number of ether oxygens (including phenoxy) is 2. The van der Waals surface area contributed by atoms with Crippen LogP contribution in [0, 0.1) is 6.92 Å². The maximum atomic E-state index is 13.0. The summed E-state index contributed by atoms with van der Waals surface area (Å²) in [7, 11) is 0. The minimum absolute atomic E-state index is 0.0181. The Kier molecular flexibility index (Phi) is 8.20. The number of nitrogens with one attached hydrogen (secondary N) is 2. The van der Waals surface area contributed by atoms with Gasteiger partial charge in [0.25, 0.3) is 5.91 Å². The van der Waals surface area contributed by atoms with E-state index in [-0.39, 0.29) is 18.2 Å². The normalized spacial score (nSPS) is 10.6. The quantitative estimate of drug-likeness (QED) is 0.282. The zero-order valence-corrected chi connectivity index (χ0v) is 21.0. The van der Waals surface area contributed by atoms with Crippen molar-refractivity contribution in [1.29, 1.82) is 0 Å². The lowest BCUT2D eigenvalue weighted by atomic mass is 10.2. The van der Waals surface area contributed by atoms with Gasteiger partial charge in [0, 0.05) is 23.3 Å². The number of nitrogens with zero attached hydrogens (tertiary/aromatic N) is 1. The largest absolute Gasteiger partial charge is 0.492 e. The molecular weight excluding hydrogens is 470 g/mol. The van der Waals surface area contributed by atoms with E-state index < -0.39 is 0 Å². The molecule has 0 unspecified atom stereocenters. The smallest absolute Gasteiger partial charge is 0.255 e. The van der Waals surface area contributed by atoms with Crippen LogP contribution in [0.25, 0.3) is 11.5 Å². The van der Waals surface area contributed by atoms with Gasteiger partial charge in [0.2, 0.25) is 11.8 Å². The highest BCUT2D eigenvalue weighted by Crippen LogP contribution is 2.37. The van der Waals surface area contributed by atoms with E-state index >= 15 is 0 Å². The van der Waals surface area contributed by atoms with Crippen molar-refractivity contribution in [1.82, 2.24) is 4.98 Å². The van der Waals surface area contributed by atoms with Crippen LogP contribution in [0.1, 0.15) is 35.7 Å². The molecule has 4 aromatic rings. The van der Waals surface area contributed by atoms with Gasteiger partial charge in [-0.3, -0.25) is 9.59 Å². The Balaban J connectivity index is 1.56. The molecule has 0 spiro atoms. The molecule has 0 saturated heterocycles. The zero-order valence-electron chi connectivity index (χ0n) is 21.0. The van der Waals surface area contributed by atoms with E-state index in [2.05, 4.69) is 15.6 Å². The second-order valence-electron chi connectivity index (χ2n) is 8.14. The van der Waals surface area contributed by atoms with Crippen molar-refractivity contribution in [3.8, 4) is 23.0 Å². The van der Waals surface area contributed by atoms with Gasteiger partial charge in [0.15, 0.2) is 0 Å². The number of benzene rings is 3. The lowest BCUT2D eigenvalue weighted by molar-refractivity contribution is -0.115. The molecule has 4 rings (SSSR count). The number of carbonyl (C=O) groups excluding carboxylic acids is 2. The SMILES string of the molecule is CCOc1cc(NC(=O)c2ccccc2)c(OCC)cc1NC(=O)Cc1nc(-c2ccccc2)oc1C. The highest BCUT2D eigenvalue weighted by Gasteiger charge is 2.19. The van der Waals surface area contributed by atoms with Crippen molar-refractivity contribution in [3.05, 3.63) is 89.8 Å². The van der Waals surface area contributed by atoms with Crippen molar-refractivity contribution in [3.63, 3.8) is 0 Å². The summed E-state index contributed by atoms with van der Waals surface area (Å²) in [6.07, 6.45) is 0.0181. The molecule has 3 aromatic carbocycles. The van der Waals surface area contributed by atoms with Crippen LogP contribution in [0.2, 0.25) is 0 Å². The lowest BCUT2D eigenvalue weighted by Gasteiger charge is -2.18. The third kappa shape index (κ3) is 6.35. The first-order valence-corrected chi connectivity index (χ1v) is 12.1. The van der Waals surface area contributed by atoms with Crippen molar-refractivity contribution in [2.24, 2.45) is 0 Å². The molecule has 0 bridgehead atoms. The third-order valence-electron chi connectivity index (χ3n) is 5.48. The molecule has 0 fully saturated rings. The maximum absolute atomic E-state index is 13.0. The van der Waals surface area contributed by atoms with Crippen molar-refractivity contribution in [2.45, 2.75) is 27.2 Å². The standard InChI is InChI=1S/C29H29N3O5/c1-4-35-25-17-24(31-28(34)20-12-8-6-9-13-20)26(36-5-2)16-23(25)30-27(33)18-22-19(3)37-29(32-22)21-14-10-7-11-15-21/h6-17H,4-5,18H2,1-3H3,(H,30,33)(H,31,34). The molecule has 0 aliphatic rings. The van der Waals surface area contributed by atoms with Crippen molar-refractivity contribution >= 4 is 23.2 Å². The number of rotatable bonds is 10.